The molecule has 22 heavy (non-hydrogen) atoms. The first-order chi connectivity index (χ1) is 9.69. The van der Waals surface area contributed by atoms with Gasteiger partial charge in [0.2, 0.25) is 0 Å². The Morgan fingerprint density at radius 2 is 1.27 bits per heavy atom. The van der Waals surface area contributed by atoms with Crippen LogP contribution in [0.1, 0.15) is 60.2 Å². The zero-order valence-electron chi connectivity index (χ0n) is 13.2. The van der Waals surface area contributed by atoms with Gasteiger partial charge in [0.25, 0.3) is 0 Å². The second kappa shape index (κ2) is 14.5. The van der Waals surface area contributed by atoms with Crippen LogP contribution in [0.5, 0.6) is 0 Å². The van der Waals surface area contributed by atoms with Crippen LogP contribution < -0.4 is 0 Å². The van der Waals surface area contributed by atoms with Gasteiger partial charge in [-0.15, -0.1) is 0 Å². The average molecular weight is 700 g/mol. The molecule has 1 aromatic rings. The molecule has 0 heterocycles. The van der Waals surface area contributed by atoms with Crippen LogP contribution in [-0.2, 0) is 9.47 Å². The number of esters is 2. The van der Waals surface area contributed by atoms with E-state index in [0.717, 1.165) is 25.7 Å². The molecule has 1 aromatic carbocycles. The molecule has 0 spiro atoms. The van der Waals surface area contributed by atoms with E-state index in [-0.39, 0.29) is 53.1 Å². The van der Waals surface area contributed by atoms with Crippen molar-refractivity contribution >= 4 is 65.1 Å². The van der Waals surface area contributed by atoms with Gasteiger partial charge in [0.05, 0.1) is 24.3 Å². The Bertz CT molecular complexity index is 412. The first-order valence-electron chi connectivity index (χ1n) is 7.13. The van der Waals surface area contributed by atoms with E-state index < -0.39 is 11.9 Å². The van der Waals surface area contributed by atoms with Crippen molar-refractivity contribution in [2.24, 2.45) is 0 Å². The minimum absolute atomic E-state index is 0. The Morgan fingerprint density at radius 1 is 0.864 bits per heavy atom. The van der Waals surface area contributed by atoms with Crippen molar-refractivity contribution in [3.63, 3.8) is 0 Å². The van der Waals surface area contributed by atoms with E-state index >= 15 is 0 Å². The summed E-state index contributed by atoms with van der Waals surface area (Å²) in [4.78, 5) is 23.6. The molecule has 0 aliphatic rings. The van der Waals surface area contributed by atoms with Crippen LogP contribution in [0, 0.1) is 0 Å². The number of ether oxygens (including phenoxy) is 2. The number of carbonyl (C=O) groups excluding carboxylic acids is 2. The summed E-state index contributed by atoms with van der Waals surface area (Å²) in [5, 5.41) is 0. The van der Waals surface area contributed by atoms with Gasteiger partial charge in [-0.1, -0.05) is 32.8 Å². The van der Waals surface area contributed by atoms with Crippen LogP contribution >= 0.6 is 0 Å². The summed E-state index contributed by atoms with van der Waals surface area (Å²) in [5.74, 6) is -0.802. The monoisotopic (exact) mass is 700 g/mol. The van der Waals surface area contributed by atoms with E-state index in [4.69, 9.17) is 9.47 Å². The van der Waals surface area contributed by atoms with Gasteiger partial charge >= 0.3 is 65.1 Å². The molecular formula is C16H26O4Po2. The topological polar surface area (TPSA) is 52.6 Å². The molecule has 0 fully saturated rings. The molecule has 0 saturated heterocycles. The summed E-state index contributed by atoms with van der Waals surface area (Å²) in [5.41, 5.74) is 0.761. The van der Waals surface area contributed by atoms with Crippen molar-refractivity contribution in [3.05, 3.63) is 35.4 Å². The summed E-state index contributed by atoms with van der Waals surface area (Å²) in [6.45, 7) is 4.86. The van der Waals surface area contributed by atoms with Crippen molar-refractivity contribution in [2.75, 3.05) is 13.2 Å². The molecule has 4 nitrogen and oxygen atoms in total. The van der Waals surface area contributed by atoms with Crippen molar-refractivity contribution in [3.8, 4) is 0 Å². The molecule has 6 heteroatoms. The molecule has 126 valence electrons. The third-order valence-corrected chi connectivity index (χ3v) is 2.80. The van der Waals surface area contributed by atoms with Crippen LogP contribution in [0.15, 0.2) is 24.3 Å². The maximum absolute atomic E-state index is 11.8. The molecular weight excluding hydrogens is 674 g/mol. The van der Waals surface area contributed by atoms with Crippen LogP contribution in [0.4, 0.5) is 0 Å². The Kier molecular flexibility index (Phi) is 16.0. The van der Waals surface area contributed by atoms with Crippen molar-refractivity contribution in [2.45, 2.75) is 39.5 Å². The molecule has 0 saturated carbocycles. The Morgan fingerprint density at radius 3 is 1.64 bits per heavy atom. The molecule has 0 atom stereocenters. The van der Waals surface area contributed by atoms with E-state index in [1.54, 1.807) is 18.2 Å². The fourth-order valence-electron chi connectivity index (χ4n) is 1.56. The van der Waals surface area contributed by atoms with Gasteiger partial charge in [-0.3, -0.25) is 0 Å². The summed E-state index contributed by atoms with van der Waals surface area (Å²) < 4.78 is 10.2. The molecule has 0 radical (unpaired) electrons. The van der Waals surface area contributed by atoms with Gasteiger partial charge < -0.3 is 9.47 Å². The van der Waals surface area contributed by atoms with Gasteiger partial charge in [0, 0.05) is 0 Å². The van der Waals surface area contributed by atoms with Crippen molar-refractivity contribution < 1.29 is 19.1 Å². The number of hydrogen-bond acceptors (Lipinski definition) is 4. The van der Waals surface area contributed by atoms with Crippen LogP contribution in [0.3, 0.4) is 0 Å². The molecule has 0 aliphatic heterocycles. The van der Waals surface area contributed by atoms with Gasteiger partial charge in [0.1, 0.15) is 0 Å². The number of carbonyl (C=O) groups is 2. The van der Waals surface area contributed by atoms with E-state index in [2.05, 4.69) is 0 Å². The normalized spacial score (nSPS) is 9.18. The molecule has 1 rings (SSSR count). The Balaban J connectivity index is 0. The molecule has 0 aromatic heterocycles. The summed E-state index contributed by atoms with van der Waals surface area (Å²) in [6.07, 6.45) is 3.61. The predicted molar refractivity (Wildman–Crippen MR) is 93.9 cm³/mol. The van der Waals surface area contributed by atoms with E-state index in [9.17, 15) is 9.59 Å². The van der Waals surface area contributed by atoms with E-state index in [1.807, 2.05) is 13.8 Å². The third kappa shape index (κ3) is 9.17. The molecule has 0 N–H and O–H groups in total. The summed E-state index contributed by atoms with van der Waals surface area (Å²) >= 11 is 0. The van der Waals surface area contributed by atoms with E-state index in [0.29, 0.717) is 24.3 Å². The number of benzene rings is 1. The van der Waals surface area contributed by atoms with Crippen LogP contribution in [0.2, 0.25) is 0 Å². The summed E-state index contributed by atoms with van der Waals surface area (Å²) in [7, 11) is 0. The van der Waals surface area contributed by atoms with Gasteiger partial charge in [-0.25, -0.2) is 9.59 Å². The second-order valence-electron chi connectivity index (χ2n) is 4.56. The van der Waals surface area contributed by atoms with E-state index in [1.165, 1.54) is 6.07 Å². The Hall–Kier alpha value is -0.0478. The van der Waals surface area contributed by atoms with Crippen LogP contribution in [0.25, 0.3) is 0 Å². The van der Waals surface area contributed by atoms with Crippen LogP contribution in [-0.4, -0.2) is 78.3 Å². The van der Waals surface area contributed by atoms with Gasteiger partial charge in [-0.2, -0.15) is 0 Å². The third-order valence-electron chi connectivity index (χ3n) is 2.80. The number of hydrogen-bond donors (Lipinski definition) is 0. The molecule has 0 aliphatic carbocycles. The minimum atomic E-state index is -0.401. The van der Waals surface area contributed by atoms with Crippen molar-refractivity contribution in [1.29, 1.82) is 0 Å². The number of rotatable bonds is 8. The first-order valence-corrected chi connectivity index (χ1v) is 7.13. The quantitative estimate of drug-likeness (QED) is 0.307. The molecule has 0 bridgehead atoms. The number of unbranched alkanes of at least 4 members (excludes halogenated alkanes) is 2. The fraction of sp³-hybridized carbons (Fsp3) is 0.500. The second-order valence-corrected chi connectivity index (χ2v) is 4.56. The standard InChI is InChI=1S/C16H22O4.2Po.4H/c1-3-5-10-19-15(17)13-8-7-9-14(12-13)16(18)20-11-6-4-2;;;;;;/h7-9,12H,3-6,10-11H2,1-2H3;;;;;;. The molecule has 0 amide bonds. The average Bonchev–Trinajstić information content (AvgIpc) is 2.47. The van der Waals surface area contributed by atoms with Gasteiger partial charge in [0.15, 0.2) is 0 Å². The Labute approximate surface area is 171 Å². The molecule has 0 unspecified atom stereocenters. The zero-order chi connectivity index (χ0) is 14.8. The van der Waals surface area contributed by atoms with Gasteiger partial charge in [-0.05, 0) is 31.0 Å². The predicted octanol–water partition coefficient (Wildman–Crippen LogP) is 1.77. The first kappa shape index (κ1) is 24.2. The summed E-state index contributed by atoms with van der Waals surface area (Å²) in [6, 6.07) is 6.45. The maximum atomic E-state index is 11.8. The zero-order valence-corrected chi connectivity index (χ0v) is 21.0. The fourth-order valence-corrected chi connectivity index (χ4v) is 1.56. The SMILES string of the molecule is CCCCOC(=O)c1cccc(C(=O)OCCCC)c1.[PoH2].[PoH2]. The van der Waals surface area contributed by atoms with Crippen molar-refractivity contribution in [1.82, 2.24) is 0 Å².